The van der Waals surface area contributed by atoms with Crippen LogP contribution in [-0.2, 0) is 4.74 Å². The van der Waals surface area contributed by atoms with Crippen molar-refractivity contribution in [1.82, 2.24) is 0 Å². The zero-order chi connectivity index (χ0) is 8.39. The molecule has 0 spiro atoms. The highest BCUT2D eigenvalue weighted by Crippen LogP contribution is 2.21. The van der Waals surface area contributed by atoms with Crippen LogP contribution in [0.3, 0.4) is 0 Å². The van der Waals surface area contributed by atoms with Crippen LogP contribution in [0.25, 0.3) is 0 Å². The molecular formula is C10H11O2. The average Bonchev–Trinajstić information content (AvgIpc) is 2.00. The van der Waals surface area contributed by atoms with Gasteiger partial charge in [0.05, 0.1) is 6.61 Å². The molecule has 0 amide bonds. The van der Waals surface area contributed by atoms with Crippen molar-refractivity contribution in [3.63, 3.8) is 0 Å². The van der Waals surface area contributed by atoms with Crippen LogP contribution in [0.5, 0.6) is 5.75 Å². The number of ether oxygens (including phenoxy) is 2. The van der Waals surface area contributed by atoms with Gasteiger partial charge in [-0.2, -0.15) is 0 Å². The summed E-state index contributed by atoms with van der Waals surface area (Å²) in [5.41, 5.74) is 1.04. The van der Waals surface area contributed by atoms with Crippen molar-refractivity contribution in [2.24, 2.45) is 0 Å². The molecule has 0 bridgehead atoms. The normalized spacial score (nSPS) is 21.6. The third kappa shape index (κ3) is 1.43. The number of benzene rings is 1. The molecule has 63 valence electrons. The fourth-order valence-corrected chi connectivity index (χ4v) is 1.08. The van der Waals surface area contributed by atoms with Gasteiger partial charge in [-0.1, -0.05) is 12.1 Å². The zero-order valence-electron chi connectivity index (χ0n) is 7.04. The smallest absolute Gasteiger partial charge is 0.202 e. The van der Waals surface area contributed by atoms with E-state index < -0.39 is 0 Å². The molecule has 0 aliphatic carbocycles. The van der Waals surface area contributed by atoms with E-state index in [4.69, 9.17) is 9.47 Å². The standard InChI is InChI=1S/C10H11O2/c1-8-4-2-3-5-9(8)12-10-6-7-11-10/h2-3,5,10H,6-7H2,1H3. The van der Waals surface area contributed by atoms with Crippen LogP contribution in [0.4, 0.5) is 0 Å². The summed E-state index contributed by atoms with van der Waals surface area (Å²) in [6, 6.07) is 8.81. The largest absolute Gasteiger partial charge is 0.465 e. The van der Waals surface area contributed by atoms with Crippen molar-refractivity contribution in [3.05, 3.63) is 29.8 Å². The van der Waals surface area contributed by atoms with E-state index in [1.54, 1.807) is 0 Å². The van der Waals surface area contributed by atoms with E-state index in [-0.39, 0.29) is 6.29 Å². The minimum atomic E-state index is -0.0282. The third-order valence-corrected chi connectivity index (χ3v) is 1.93. The van der Waals surface area contributed by atoms with Crippen molar-refractivity contribution >= 4 is 0 Å². The van der Waals surface area contributed by atoms with Gasteiger partial charge >= 0.3 is 0 Å². The first-order valence-corrected chi connectivity index (χ1v) is 4.12. The van der Waals surface area contributed by atoms with Crippen LogP contribution in [0.15, 0.2) is 18.2 Å². The molecule has 1 saturated heterocycles. The second kappa shape index (κ2) is 3.15. The topological polar surface area (TPSA) is 18.5 Å². The average molecular weight is 163 g/mol. The fourth-order valence-electron chi connectivity index (χ4n) is 1.08. The number of hydrogen-bond acceptors (Lipinski definition) is 2. The quantitative estimate of drug-likeness (QED) is 0.663. The Kier molecular flexibility index (Phi) is 2.00. The van der Waals surface area contributed by atoms with Gasteiger partial charge in [-0.05, 0) is 24.6 Å². The van der Waals surface area contributed by atoms with Crippen LogP contribution >= 0.6 is 0 Å². The molecule has 2 nitrogen and oxygen atoms in total. The van der Waals surface area contributed by atoms with Gasteiger partial charge < -0.3 is 9.47 Å². The van der Waals surface area contributed by atoms with Crippen molar-refractivity contribution in [3.8, 4) is 5.75 Å². The predicted molar refractivity (Wildman–Crippen MR) is 45.0 cm³/mol. The van der Waals surface area contributed by atoms with Crippen LogP contribution in [0, 0.1) is 13.0 Å². The Balaban J connectivity index is 2.06. The molecule has 1 fully saturated rings. The van der Waals surface area contributed by atoms with Gasteiger partial charge in [0.15, 0.2) is 0 Å². The van der Waals surface area contributed by atoms with E-state index in [2.05, 4.69) is 6.07 Å². The van der Waals surface area contributed by atoms with Gasteiger partial charge in [-0.15, -0.1) is 0 Å². The lowest BCUT2D eigenvalue weighted by Gasteiger charge is -2.27. The molecule has 1 radical (unpaired) electrons. The molecule has 12 heavy (non-hydrogen) atoms. The minimum Gasteiger partial charge on any atom is -0.465 e. The summed E-state index contributed by atoms with van der Waals surface area (Å²) in [6.45, 7) is 2.80. The molecule has 0 N–H and O–H groups in total. The van der Waals surface area contributed by atoms with Crippen LogP contribution in [0.1, 0.15) is 12.0 Å². The summed E-state index contributed by atoms with van der Waals surface area (Å²) in [7, 11) is 0. The number of hydrogen-bond donors (Lipinski definition) is 0. The first-order valence-electron chi connectivity index (χ1n) is 4.12. The van der Waals surface area contributed by atoms with Gasteiger partial charge in [0.2, 0.25) is 6.29 Å². The molecule has 1 heterocycles. The first-order chi connectivity index (χ1) is 5.86. The molecule has 1 aliphatic rings. The van der Waals surface area contributed by atoms with E-state index in [9.17, 15) is 0 Å². The minimum absolute atomic E-state index is 0.0282. The molecule has 1 aliphatic heterocycles. The lowest BCUT2D eigenvalue weighted by atomic mass is 10.2. The second-order valence-electron chi connectivity index (χ2n) is 2.87. The van der Waals surface area contributed by atoms with Gasteiger partial charge in [-0.25, -0.2) is 0 Å². The van der Waals surface area contributed by atoms with Gasteiger partial charge in [-0.3, -0.25) is 0 Å². The molecule has 1 aromatic carbocycles. The van der Waals surface area contributed by atoms with Crippen molar-refractivity contribution in [2.75, 3.05) is 6.61 Å². The summed E-state index contributed by atoms with van der Waals surface area (Å²) in [5, 5.41) is 0. The first kappa shape index (κ1) is 7.62. The van der Waals surface area contributed by atoms with E-state index in [0.29, 0.717) is 0 Å². The molecule has 0 saturated carbocycles. The summed E-state index contributed by atoms with van der Waals surface area (Å²) in [6.07, 6.45) is 0.966. The van der Waals surface area contributed by atoms with E-state index >= 15 is 0 Å². The maximum atomic E-state index is 5.53. The van der Waals surface area contributed by atoms with Crippen LogP contribution < -0.4 is 4.74 Å². The SMILES string of the molecule is Cc1[c]cccc1OC1CCO1. The Morgan fingerprint density at radius 2 is 2.50 bits per heavy atom. The molecule has 0 aromatic heterocycles. The predicted octanol–water partition coefficient (Wildman–Crippen LogP) is 1.92. The number of aryl methyl sites for hydroxylation is 1. The second-order valence-corrected chi connectivity index (χ2v) is 2.87. The molecule has 2 heteroatoms. The molecule has 1 unspecified atom stereocenters. The van der Waals surface area contributed by atoms with E-state index in [1.807, 2.05) is 25.1 Å². The Morgan fingerprint density at radius 1 is 1.67 bits per heavy atom. The monoisotopic (exact) mass is 163 g/mol. The Hall–Kier alpha value is -1.02. The van der Waals surface area contributed by atoms with Crippen molar-refractivity contribution < 1.29 is 9.47 Å². The van der Waals surface area contributed by atoms with Gasteiger partial charge in [0.25, 0.3) is 0 Å². The highest BCUT2D eigenvalue weighted by Gasteiger charge is 2.19. The van der Waals surface area contributed by atoms with Crippen molar-refractivity contribution in [2.45, 2.75) is 19.6 Å². The van der Waals surface area contributed by atoms with Gasteiger partial charge in [0, 0.05) is 6.42 Å². The lowest BCUT2D eigenvalue weighted by Crippen LogP contribution is -2.32. The maximum Gasteiger partial charge on any atom is 0.202 e. The van der Waals surface area contributed by atoms with E-state index in [0.717, 1.165) is 24.3 Å². The molecular weight excluding hydrogens is 152 g/mol. The lowest BCUT2D eigenvalue weighted by molar-refractivity contribution is -0.165. The number of rotatable bonds is 2. The summed E-state index contributed by atoms with van der Waals surface area (Å²) in [4.78, 5) is 0. The molecule has 2 rings (SSSR count). The Bertz CT molecular complexity index is 266. The third-order valence-electron chi connectivity index (χ3n) is 1.93. The van der Waals surface area contributed by atoms with Crippen LogP contribution in [0.2, 0.25) is 0 Å². The highest BCUT2D eigenvalue weighted by atomic mass is 16.7. The van der Waals surface area contributed by atoms with E-state index in [1.165, 1.54) is 0 Å². The summed E-state index contributed by atoms with van der Waals surface area (Å²) >= 11 is 0. The fraction of sp³-hybridized carbons (Fsp3) is 0.400. The van der Waals surface area contributed by atoms with Crippen LogP contribution in [-0.4, -0.2) is 12.9 Å². The highest BCUT2D eigenvalue weighted by molar-refractivity contribution is 5.30. The summed E-state index contributed by atoms with van der Waals surface area (Å²) < 4.78 is 10.7. The molecule has 1 aromatic rings. The maximum absolute atomic E-state index is 5.53. The molecule has 1 atom stereocenters. The van der Waals surface area contributed by atoms with Gasteiger partial charge in [0.1, 0.15) is 5.75 Å². The summed E-state index contributed by atoms with van der Waals surface area (Å²) in [5.74, 6) is 0.877. The zero-order valence-corrected chi connectivity index (χ0v) is 7.04. The van der Waals surface area contributed by atoms with Crippen molar-refractivity contribution in [1.29, 1.82) is 0 Å². The Labute approximate surface area is 72.1 Å². The Morgan fingerprint density at radius 3 is 3.08 bits per heavy atom.